The molecule has 0 bridgehead atoms. The number of aryl methyl sites for hydroxylation is 2. The van der Waals surface area contributed by atoms with E-state index >= 15 is 0 Å². The summed E-state index contributed by atoms with van der Waals surface area (Å²) in [6.45, 7) is 0. The summed E-state index contributed by atoms with van der Waals surface area (Å²) in [6, 6.07) is 9.71. The molecule has 0 saturated carbocycles. The van der Waals surface area contributed by atoms with E-state index in [1.54, 1.807) is 12.1 Å². The molecule has 2 aromatic heterocycles. The van der Waals surface area contributed by atoms with Crippen molar-refractivity contribution >= 4 is 61.4 Å². The Morgan fingerprint density at radius 1 is 1.30 bits per heavy atom. The van der Waals surface area contributed by atoms with Crippen LogP contribution in [0.1, 0.15) is 29.5 Å². The second kappa shape index (κ2) is 11.1. The molecular weight excluding hydrogens is 576 g/mol. The monoisotopic (exact) mass is 598 g/mol. The number of ether oxygens (including phenoxy) is 1. The number of aromatic amines is 1. The van der Waals surface area contributed by atoms with Gasteiger partial charge in [0.1, 0.15) is 4.83 Å². The second-order valence-corrected chi connectivity index (χ2v) is 11.2. The molecule has 4 aromatic rings. The number of rotatable bonds is 7. The van der Waals surface area contributed by atoms with Gasteiger partial charge in [0.25, 0.3) is 11.5 Å². The molecule has 190 valence electrons. The van der Waals surface area contributed by atoms with Crippen molar-refractivity contribution in [1.82, 2.24) is 15.4 Å². The number of hydrogen-bond donors (Lipinski definition) is 3. The summed E-state index contributed by atoms with van der Waals surface area (Å²) in [5.74, 6) is -0.0578. The van der Waals surface area contributed by atoms with Gasteiger partial charge in [0.05, 0.1) is 28.9 Å². The van der Waals surface area contributed by atoms with E-state index < -0.39 is 0 Å². The molecule has 37 heavy (non-hydrogen) atoms. The molecule has 1 aliphatic carbocycles. The van der Waals surface area contributed by atoms with E-state index in [9.17, 15) is 14.7 Å². The number of H-pyrrole nitrogens is 1. The number of phenolic OH excluding ortho intramolecular Hbond substituents is 1. The molecule has 5 rings (SSSR count). The molecular formula is C26H23BrN4O4S2. The lowest BCUT2D eigenvalue weighted by Gasteiger charge is -2.16. The fraction of sp³-hybridized carbons (Fsp3) is 0.231. The maximum absolute atomic E-state index is 13.0. The number of aromatic nitrogens is 2. The van der Waals surface area contributed by atoms with Gasteiger partial charge >= 0.3 is 0 Å². The number of thioether (sulfide) groups is 1. The summed E-state index contributed by atoms with van der Waals surface area (Å²) in [5.41, 5.74) is 7.55. The zero-order chi connectivity index (χ0) is 25.9. The van der Waals surface area contributed by atoms with Crippen LogP contribution in [-0.2, 0) is 17.6 Å². The van der Waals surface area contributed by atoms with Gasteiger partial charge < -0.3 is 14.8 Å². The summed E-state index contributed by atoms with van der Waals surface area (Å²) in [5, 5.41) is 16.8. The Bertz CT molecular complexity index is 1580. The van der Waals surface area contributed by atoms with Gasteiger partial charge in [-0.25, -0.2) is 10.4 Å². The number of benzene rings is 2. The summed E-state index contributed by atoms with van der Waals surface area (Å²) in [7, 11) is 1.45. The number of nitrogens with one attached hydrogen (secondary N) is 2. The minimum absolute atomic E-state index is 0.0147. The molecule has 2 heterocycles. The topological polar surface area (TPSA) is 117 Å². The maximum atomic E-state index is 13.0. The fourth-order valence-electron chi connectivity index (χ4n) is 4.28. The van der Waals surface area contributed by atoms with E-state index in [0.29, 0.717) is 25.4 Å². The molecule has 0 aliphatic heterocycles. The van der Waals surface area contributed by atoms with Crippen LogP contribution < -0.4 is 15.7 Å². The first-order valence-electron chi connectivity index (χ1n) is 11.6. The first-order valence-corrected chi connectivity index (χ1v) is 14.2. The lowest BCUT2D eigenvalue weighted by molar-refractivity contribution is -0.118. The first kappa shape index (κ1) is 25.5. The number of hydrogen-bond acceptors (Lipinski definition) is 8. The predicted molar refractivity (Wildman–Crippen MR) is 151 cm³/mol. The number of methoxy groups -OCH3 is 1. The summed E-state index contributed by atoms with van der Waals surface area (Å²) >= 11 is 5.80. The van der Waals surface area contributed by atoms with Gasteiger partial charge in [-0.2, -0.15) is 5.10 Å². The van der Waals surface area contributed by atoms with Crippen LogP contribution in [0, 0.1) is 0 Å². The lowest BCUT2D eigenvalue weighted by atomic mass is 9.89. The minimum Gasteiger partial charge on any atom is -0.503 e. The van der Waals surface area contributed by atoms with E-state index in [1.165, 1.54) is 48.6 Å². The number of carbonyl (C=O) groups is 1. The van der Waals surface area contributed by atoms with E-state index in [0.717, 1.165) is 35.7 Å². The Hall–Kier alpha value is -3.15. The van der Waals surface area contributed by atoms with Crippen LogP contribution in [0.5, 0.6) is 11.5 Å². The number of amides is 1. The van der Waals surface area contributed by atoms with E-state index in [2.05, 4.69) is 54.6 Å². The third-order valence-electron chi connectivity index (χ3n) is 6.10. The van der Waals surface area contributed by atoms with E-state index in [-0.39, 0.29) is 28.7 Å². The van der Waals surface area contributed by atoms with Crippen LogP contribution in [0.3, 0.4) is 0 Å². The van der Waals surface area contributed by atoms with Gasteiger partial charge in [-0.05, 0) is 76.0 Å². The molecule has 2 aromatic carbocycles. The number of fused-ring (bicyclic) bond motifs is 2. The SMILES string of the molecule is COc1cc(/C=N/NC(=O)CSc2nc3scc(-c4ccc5c(c4)CCCC5)c3c(=O)[nH]2)cc(Br)c1O. The fourth-order valence-corrected chi connectivity index (χ4v) is 6.40. The predicted octanol–water partition coefficient (Wildman–Crippen LogP) is 5.25. The zero-order valence-electron chi connectivity index (χ0n) is 19.8. The first-order chi connectivity index (χ1) is 17.9. The quantitative estimate of drug-likeness (QED) is 0.116. The summed E-state index contributed by atoms with van der Waals surface area (Å²) < 4.78 is 5.55. The number of halogens is 1. The number of aromatic hydroxyl groups is 1. The van der Waals surface area contributed by atoms with Crippen molar-refractivity contribution in [1.29, 1.82) is 0 Å². The third kappa shape index (κ3) is 5.58. The standard InChI is InChI=1S/C26H23BrN4O4S2/c1-35-20-9-14(8-19(27)23(20)33)11-28-31-21(32)13-37-26-29-24(34)22-18(12-36-25(22)30-26)17-7-6-15-4-2-3-5-16(15)10-17/h6-12,33H,2-5,13H2,1H3,(H,31,32)(H,29,30,34)/b28-11+. The van der Waals surface area contributed by atoms with Crippen LogP contribution in [-0.4, -0.2) is 40.1 Å². The molecule has 1 aliphatic rings. The van der Waals surface area contributed by atoms with Gasteiger partial charge in [-0.3, -0.25) is 9.59 Å². The van der Waals surface area contributed by atoms with Crippen molar-refractivity contribution < 1.29 is 14.6 Å². The third-order valence-corrected chi connectivity index (χ3v) is 8.45. The number of phenols is 1. The molecule has 8 nitrogen and oxygen atoms in total. The Labute approximate surface area is 229 Å². The van der Waals surface area contributed by atoms with Crippen LogP contribution in [0.25, 0.3) is 21.3 Å². The minimum atomic E-state index is -0.352. The highest BCUT2D eigenvalue weighted by atomic mass is 79.9. The van der Waals surface area contributed by atoms with Crippen LogP contribution in [0.15, 0.2) is 55.2 Å². The van der Waals surface area contributed by atoms with Crippen molar-refractivity contribution in [2.24, 2.45) is 5.10 Å². The number of hydrazone groups is 1. The Morgan fingerprint density at radius 2 is 2.11 bits per heavy atom. The molecule has 0 unspecified atom stereocenters. The van der Waals surface area contributed by atoms with Crippen molar-refractivity contribution in [3.8, 4) is 22.6 Å². The number of carbonyl (C=O) groups excluding carboxylic acids is 1. The van der Waals surface area contributed by atoms with Crippen molar-refractivity contribution in [2.75, 3.05) is 12.9 Å². The Kier molecular flexibility index (Phi) is 7.63. The lowest BCUT2D eigenvalue weighted by Crippen LogP contribution is -2.20. The van der Waals surface area contributed by atoms with E-state index in [4.69, 9.17) is 4.74 Å². The van der Waals surface area contributed by atoms with Gasteiger partial charge in [0.15, 0.2) is 16.7 Å². The maximum Gasteiger partial charge on any atom is 0.260 e. The molecule has 0 spiro atoms. The average molecular weight is 600 g/mol. The number of nitrogens with zero attached hydrogens (tertiary/aromatic N) is 2. The molecule has 11 heteroatoms. The van der Waals surface area contributed by atoms with Gasteiger partial charge in [0, 0.05) is 10.9 Å². The van der Waals surface area contributed by atoms with Crippen molar-refractivity contribution in [3.05, 3.63) is 67.2 Å². The number of thiophene rings is 1. The molecule has 0 fully saturated rings. The molecule has 3 N–H and O–H groups in total. The summed E-state index contributed by atoms with van der Waals surface area (Å²) in [4.78, 5) is 33.3. The van der Waals surface area contributed by atoms with Gasteiger partial charge in [-0.1, -0.05) is 30.0 Å². The van der Waals surface area contributed by atoms with Crippen LogP contribution in [0.4, 0.5) is 0 Å². The second-order valence-electron chi connectivity index (χ2n) is 8.53. The normalized spacial score (nSPS) is 13.1. The van der Waals surface area contributed by atoms with Crippen LogP contribution >= 0.6 is 39.0 Å². The van der Waals surface area contributed by atoms with Crippen molar-refractivity contribution in [2.45, 2.75) is 30.8 Å². The average Bonchev–Trinajstić information content (AvgIpc) is 3.34. The molecule has 1 amide bonds. The highest BCUT2D eigenvalue weighted by molar-refractivity contribution is 9.10. The molecule has 0 atom stereocenters. The van der Waals surface area contributed by atoms with Crippen LogP contribution in [0.2, 0.25) is 0 Å². The smallest absolute Gasteiger partial charge is 0.260 e. The highest BCUT2D eigenvalue weighted by Crippen LogP contribution is 2.35. The largest absolute Gasteiger partial charge is 0.503 e. The Morgan fingerprint density at radius 3 is 2.92 bits per heavy atom. The zero-order valence-corrected chi connectivity index (χ0v) is 23.1. The van der Waals surface area contributed by atoms with Gasteiger partial charge in [0.2, 0.25) is 0 Å². The Balaban J connectivity index is 1.25. The highest BCUT2D eigenvalue weighted by Gasteiger charge is 2.16. The van der Waals surface area contributed by atoms with E-state index in [1.807, 2.05) is 5.38 Å². The van der Waals surface area contributed by atoms with Crippen molar-refractivity contribution in [3.63, 3.8) is 0 Å². The molecule has 0 saturated heterocycles. The van der Waals surface area contributed by atoms with Gasteiger partial charge in [-0.15, -0.1) is 11.3 Å². The molecule has 0 radical (unpaired) electrons. The summed E-state index contributed by atoms with van der Waals surface area (Å²) in [6.07, 6.45) is 6.06.